The maximum absolute atomic E-state index is 13.6. The molecule has 164 valence electrons. The second kappa shape index (κ2) is 10.2. The summed E-state index contributed by atoms with van der Waals surface area (Å²) in [4.78, 5) is 26.4. The first-order chi connectivity index (χ1) is 15.7. The van der Waals surface area contributed by atoms with Crippen molar-refractivity contribution in [3.63, 3.8) is 0 Å². The number of nitrogens with one attached hydrogen (secondary N) is 2. The monoisotopic (exact) mass is 428 g/mol. The summed E-state index contributed by atoms with van der Waals surface area (Å²) in [5.74, 6) is -0.297. The van der Waals surface area contributed by atoms with Gasteiger partial charge in [-0.15, -0.1) is 0 Å². The normalized spacial score (nSPS) is 15.0. The molecule has 0 bridgehead atoms. The van der Waals surface area contributed by atoms with Crippen LogP contribution in [0.3, 0.4) is 0 Å². The molecule has 3 aromatic rings. The van der Waals surface area contributed by atoms with Crippen molar-refractivity contribution in [3.05, 3.63) is 102 Å². The summed E-state index contributed by atoms with van der Waals surface area (Å²) in [6.45, 7) is 1.59. The fourth-order valence-corrected chi connectivity index (χ4v) is 4.22. The summed E-state index contributed by atoms with van der Waals surface area (Å²) in [6, 6.07) is 27.0. The Morgan fingerprint density at radius 1 is 0.812 bits per heavy atom. The third-order valence-electron chi connectivity index (χ3n) is 6.07. The molecule has 0 aromatic heterocycles. The zero-order valence-corrected chi connectivity index (χ0v) is 18.1. The number of para-hydroxylation sites is 1. The van der Waals surface area contributed by atoms with Crippen LogP contribution in [0.25, 0.3) is 0 Å². The van der Waals surface area contributed by atoms with E-state index < -0.39 is 5.41 Å². The lowest BCUT2D eigenvalue weighted by molar-refractivity contribution is -0.125. The van der Waals surface area contributed by atoms with Gasteiger partial charge < -0.3 is 15.4 Å². The van der Waals surface area contributed by atoms with Gasteiger partial charge in [0.25, 0.3) is 5.91 Å². The van der Waals surface area contributed by atoms with E-state index in [1.54, 1.807) is 12.1 Å². The van der Waals surface area contributed by atoms with Crippen LogP contribution in [0.15, 0.2) is 84.9 Å². The molecule has 1 saturated heterocycles. The Hall–Kier alpha value is -3.44. The molecule has 0 aliphatic carbocycles. The molecule has 0 unspecified atom stereocenters. The predicted octanol–water partition coefficient (Wildman–Crippen LogP) is 4.35. The second-order valence-corrected chi connectivity index (χ2v) is 8.05. The molecule has 5 nitrogen and oxygen atoms in total. The van der Waals surface area contributed by atoms with E-state index in [1.165, 1.54) is 5.56 Å². The number of hydrogen-bond donors (Lipinski definition) is 2. The number of benzene rings is 3. The Labute approximate surface area is 188 Å². The van der Waals surface area contributed by atoms with Crippen LogP contribution in [0.5, 0.6) is 0 Å². The van der Waals surface area contributed by atoms with Crippen LogP contribution in [0.4, 0.5) is 5.69 Å². The van der Waals surface area contributed by atoms with Crippen molar-refractivity contribution in [2.45, 2.75) is 24.7 Å². The molecule has 1 aliphatic heterocycles. The largest absolute Gasteiger partial charge is 0.381 e. The van der Waals surface area contributed by atoms with E-state index in [-0.39, 0.29) is 11.8 Å². The van der Waals surface area contributed by atoms with Crippen LogP contribution >= 0.6 is 0 Å². The van der Waals surface area contributed by atoms with Crippen LogP contribution in [0.2, 0.25) is 0 Å². The molecule has 32 heavy (non-hydrogen) atoms. The van der Waals surface area contributed by atoms with E-state index in [1.807, 2.05) is 72.8 Å². The van der Waals surface area contributed by atoms with Crippen LogP contribution in [-0.2, 0) is 21.4 Å². The lowest BCUT2D eigenvalue weighted by Crippen LogP contribution is -2.45. The van der Waals surface area contributed by atoms with Crippen molar-refractivity contribution >= 4 is 17.5 Å². The van der Waals surface area contributed by atoms with Crippen molar-refractivity contribution in [3.8, 4) is 0 Å². The molecule has 4 rings (SSSR count). The van der Waals surface area contributed by atoms with Gasteiger partial charge in [0.05, 0.1) is 16.7 Å². The van der Waals surface area contributed by atoms with Crippen molar-refractivity contribution in [2.75, 3.05) is 25.1 Å². The quantitative estimate of drug-likeness (QED) is 0.588. The average Bonchev–Trinajstić information content (AvgIpc) is 2.86. The molecule has 1 heterocycles. The van der Waals surface area contributed by atoms with E-state index in [0.29, 0.717) is 43.9 Å². The maximum atomic E-state index is 13.6. The summed E-state index contributed by atoms with van der Waals surface area (Å²) in [5, 5.41) is 6.02. The highest BCUT2D eigenvalue weighted by Crippen LogP contribution is 2.36. The van der Waals surface area contributed by atoms with E-state index in [4.69, 9.17) is 4.74 Å². The first-order valence-corrected chi connectivity index (χ1v) is 11.0. The summed E-state index contributed by atoms with van der Waals surface area (Å²) in [7, 11) is 0. The Bertz CT molecular complexity index is 1040. The van der Waals surface area contributed by atoms with Crippen molar-refractivity contribution < 1.29 is 14.3 Å². The zero-order valence-electron chi connectivity index (χ0n) is 18.1. The topological polar surface area (TPSA) is 67.4 Å². The number of carbonyl (C=O) groups excluding carboxylic acids is 2. The van der Waals surface area contributed by atoms with Crippen molar-refractivity contribution in [1.29, 1.82) is 0 Å². The van der Waals surface area contributed by atoms with Gasteiger partial charge in [0.2, 0.25) is 5.91 Å². The van der Waals surface area contributed by atoms with Crippen molar-refractivity contribution in [2.24, 2.45) is 0 Å². The standard InChI is InChI=1S/C27H28N2O3/c30-25(28-18-15-21-9-3-1-4-10-21)23-13-7-8-14-24(23)29-26(31)27(16-19-32-20-17-27)22-11-5-2-6-12-22/h1-14H,15-20H2,(H,28,30)(H,29,31). The third kappa shape index (κ3) is 4.89. The van der Waals surface area contributed by atoms with E-state index in [9.17, 15) is 9.59 Å². The molecular weight excluding hydrogens is 400 g/mol. The number of ether oxygens (including phenoxy) is 1. The third-order valence-corrected chi connectivity index (χ3v) is 6.07. The second-order valence-electron chi connectivity index (χ2n) is 8.05. The zero-order chi connectivity index (χ0) is 22.2. The minimum Gasteiger partial charge on any atom is -0.381 e. The smallest absolute Gasteiger partial charge is 0.253 e. The Balaban J connectivity index is 1.49. The van der Waals surface area contributed by atoms with Gasteiger partial charge in [-0.05, 0) is 42.5 Å². The molecule has 2 amide bonds. The molecule has 0 atom stereocenters. The molecule has 3 aromatic carbocycles. The Morgan fingerprint density at radius 2 is 1.44 bits per heavy atom. The Kier molecular flexibility index (Phi) is 6.97. The molecule has 1 fully saturated rings. The minimum absolute atomic E-state index is 0.100. The van der Waals surface area contributed by atoms with Gasteiger partial charge >= 0.3 is 0 Å². The SMILES string of the molecule is O=C(NCCc1ccccc1)c1ccccc1NC(=O)C1(c2ccccc2)CCOCC1. The van der Waals surface area contributed by atoms with Gasteiger partial charge in [-0.3, -0.25) is 9.59 Å². The lowest BCUT2D eigenvalue weighted by atomic mass is 9.73. The highest BCUT2D eigenvalue weighted by molar-refractivity contribution is 6.06. The lowest BCUT2D eigenvalue weighted by Gasteiger charge is -2.36. The van der Waals surface area contributed by atoms with Gasteiger partial charge in [-0.1, -0.05) is 72.8 Å². The van der Waals surface area contributed by atoms with Gasteiger partial charge in [-0.25, -0.2) is 0 Å². The first-order valence-electron chi connectivity index (χ1n) is 11.0. The maximum Gasteiger partial charge on any atom is 0.253 e. The van der Waals surface area contributed by atoms with E-state index >= 15 is 0 Å². The van der Waals surface area contributed by atoms with Crippen LogP contribution < -0.4 is 10.6 Å². The molecular formula is C27H28N2O3. The summed E-state index contributed by atoms with van der Waals surface area (Å²) >= 11 is 0. The molecule has 0 spiro atoms. The summed E-state index contributed by atoms with van der Waals surface area (Å²) in [5.41, 5.74) is 2.46. The number of rotatable bonds is 7. The van der Waals surface area contributed by atoms with Gasteiger partial charge in [0.1, 0.15) is 0 Å². The Morgan fingerprint density at radius 3 is 2.16 bits per heavy atom. The average molecular weight is 429 g/mol. The molecule has 5 heteroatoms. The fourth-order valence-electron chi connectivity index (χ4n) is 4.22. The van der Waals surface area contributed by atoms with Gasteiger partial charge in [-0.2, -0.15) is 0 Å². The summed E-state index contributed by atoms with van der Waals surface area (Å²) in [6.07, 6.45) is 1.96. The van der Waals surface area contributed by atoms with Gasteiger partial charge in [0, 0.05) is 19.8 Å². The minimum atomic E-state index is -0.670. The van der Waals surface area contributed by atoms with E-state index in [0.717, 1.165) is 12.0 Å². The van der Waals surface area contributed by atoms with Crippen LogP contribution in [-0.4, -0.2) is 31.6 Å². The molecule has 0 radical (unpaired) electrons. The number of hydrogen-bond acceptors (Lipinski definition) is 3. The van der Waals surface area contributed by atoms with E-state index in [2.05, 4.69) is 10.6 Å². The number of amides is 2. The predicted molar refractivity (Wildman–Crippen MR) is 126 cm³/mol. The highest BCUT2D eigenvalue weighted by Gasteiger charge is 2.41. The van der Waals surface area contributed by atoms with Crippen LogP contribution in [0.1, 0.15) is 34.3 Å². The van der Waals surface area contributed by atoms with Crippen molar-refractivity contribution in [1.82, 2.24) is 5.32 Å². The van der Waals surface area contributed by atoms with Gasteiger partial charge in [0.15, 0.2) is 0 Å². The molecule has 1 aliphatic rings. The number of anilines is 1. The fraction of sp³-hybridized carbons (Fsp3) is 0.259. The highest BCUT2D eigenvalue weighted by atomic mass is 16.5. The summed E-state index contributed by atoms with van der Waals surface area (Å²) < 4.78 is 5.55. The van der Waals surface area contributed by atoms with Crippen LogP contribution in [0, 0.1) is 0 Å². The number of carbonyl (C=O) groups is 2. The molecule has 2 N–H and O–H groups in total. The molecule has 0 saturated carbocycles. The first kappa shape index (κ1) is 21.8.